The zero-order chi connectivity index (χ0) is 22.0. The van der Waals surface area contributed by atoms with E-state index in [0.717, 1.165) is 0 Å². The number of nitrogens with zero attached hydrogens (tertiary/aromatic N) is 4. The molecule has 1 aromatic carbocycles. The van der Waals surface area contributed by atoms with E-state index in [9.17, 15) is 14.5 Å². The molecule has 1 saturated heterocycles. The highest BCUT2D eigenvalue weighted by atomic mass is 31.1. The molecule has 3 N–H and O–H groups in total. The van der Waals surface area contributed by atoms with Gasteiger partial charge in [-0.25, -0.2) is 15.0 Å². The maximum absolute atomic E-state index is 12.5. The molecule has 1 amide bonds. The van der Waals surface area contributed by atoms with Gasteiger partial charge < -0.3 is 19.9 Å². The number of fused-ring (bicyclic) bond motifs is 1. The summed E-state index contributed by atoms with van der Waals surface area (Å²) in [7, 11) is -1.55. The molecule has 162 valence electrons. The summed E-state index contributed by atoms with van der Waals surface area (Å²) in [5.41, 5.74) is 1.09. The van der Waals surface area contributed by atoms with E-state index in [2.05, 4.69) is 20.3 Å². The normalized spacial score (nSPS) is 23.8. The van der Waals surface area contributed by atoms with Crippen LogP contribution in [0.5, 0.6) is 0 Å². The van der Waals surface area contributed by atoms with Crippen molar-refractivity contribution in [1.82, 2.24) is 19.5 Å². The third kappa shape index (κ3) is 4.17. The molecule has 0 aliphatic carbocycles. The number of amides is 1. The number of aliphatic hydroxyl groups excluding tert-OH is 1. The van der Waals surface area contributed by atoms with E-state index < -0.39 is 39.4 Å². The van der Waals surface area contributed by atoms with Crippen molar-refractivity contribution < 1.29 is 33.4 Å². The number of imidazole rings is 1. The molecule has 4 rings (SSSR count). The molecule has 0 bridgehead atoms. The minimum Gasteiger partial charge on any atom is -0.394 e. The molecule has 0 spiro atoms. The number of rotatable bonds is 7. The second-order valence-electron chi connectivity index (χ2n) is 6.62. The molecule has 13 heteroatoms. The summed E-state index contributed by atoms with van der Waals surface area (Å²) in [6.07, 6.45) is -0.912. The number of benzene rings is 1. The third-order valence-electron chi connectivity index (χ3n) is 4.85. The molecular formula is C18H19N5O7P+. The van der Waals surface area contributed by atoms with Gasteiger partial charge >= 0.3 is 8.25 Å². The lowest BCUT2D eigenvalue weighted by Crippen LogP contribution is -2.35. The third-order valence-corrected chi connectivity index (χ3v) is 5.27. The van der Waals surface area contributed by atoms with Crippen molar-refractivity contribution in [2.24, 2.45) is 0 Å². The average Bonchev–Trinajstić information content (AvgIpc) is 3.35. The Balaban J connectivity index is 1.66. The van der Waals surface area contributed by atoms with Gasteiger partial charge in [-0.2, -0.15) is 0 Å². The number of nitrogens with one attached hydrogen (secondary N) is 1. The Kier molecular flexibility index (Phi) is 6.28. The molecule has 1 unspecified atom stereocenters. The first kappa shape index (κ1) is 21.4. The van der Waals surface area contributed by atoms with Gasteiger partial charge in [0.2, 0.25) is 0 Å². The van der Waals surface area contributed by atoms with E-state index in [1.165, 1.54) is 24.3 Å². The molecular weight excluding hydrogens is 429 g/mol. The van der Waals surface area contributed by atoms with Gasteiger partial charge in [0.15, 0.2) is 29.3 Å². The van der Waals surface area contributed by atoms with Crippen molar-refractivity contribution in [1.29, 1.82) is 0 Å². The lowest BCUT2D eigenvalue weighted by atomic mass is 10.1. The second kappa shape index (κ2) is 9.10. The number of anilines is 1. The number of ether oxygens (including phenoxy) is 2. The van der Waals surface area contributed by atoms with Crippen LogP contribution in [-0.2, 0) is 18.6 Å². The van der Waals surface area contributed by atoms with Crippen LogP contribution in [0, 0.1) is 0 Å². The predicted molar refractivity (Wildman–Crippen MR) is 106 cm³/mol. The highest BCUT2D eigenvalue weighted by Crippen LogP contribution is 2.38. The Bertz CT molecular complexity index is 1100. The van der Waals surface area contributed by atoms with E-state index in [1.807, 2.05) is 0 Å². The van der Waals surface area contributed by atoms with Crippen LogP contribution >= 0.6 is 8.25 Å². The highest BCUT2D eigenvalue weighted by Gasteiger charge is 2.51. The Morgan fingerprint density at radius 3 is 2.71 bits per heavy atom. The van der Waals surface area contributed by atoms with E-state index in [1.54, 1.807) is 30.3 Å². The number of carbonyl (C=O) groups is 1. The van der Waals surface area contributed by atoms with Gasteiger partial charge in [0.25, 0.3) is 5.91 Å². The van der Waals surface area contributed by atoms with Gasteiger partial charge in [-0.15, -0.1) is 9.42 Å². The summed E-state index contributed by atoms with van der Waals surface area (Å²) in [6, 6.07) is 8.64. The first-order valence-corrected chi connectivity index (χ1v) is 10.3. The second-order valence-corrected chi connectivity index (χ2v) is 7.31. The smallest absolute Gasteiger partial charge is 0.394 e. The summed E-state index contributed by atoms with van der Waals surface area (Å²) in [5, 5.41) is 12.3. The maximum atomic E-state index is 12.5. The Morgan fingerprint density at radius 1 is 1.26 bits per heavy atom. The molecule has 5 atom stereocenters. The van der Waals surface area contributed by atoms with Crippen molar-refractivity contribution in [2.45, 2.75) is 24.5 Å². The number of carbonyl (C=O) groups excluding carboxylic acids is 1. The van der Waals surface area contributed by atoms with Crippen LogP contribution in [0.2, 0.25) is 0 Å². The minimum absolute atomic E-state index is 0.203. The molecule has 31 heavy (non-hydrogen) atoms. The predicted octanol–water partition coefficient (Wildman–Crippen LogP) is 1.02. The van der Waals surface area contributed by atoms with Crippen LogP contribution in [0.15, 0.2) is 43.0 Å². The van der Waals surface area contributed by atoms with Gasteiger partial charge in [0.05, 0.1) is 12.9 Å². The molecule has 3 heterocycles. The molecule has 2 aromatic heterocycles. The maximum Gasteiger partial charge on any atom is 0.695 e. The minimum atomic E-state index is -2.94. The quantitative estimate of drug-likeness (QED) is 0.446. The fourth-order valence-corrected chi connectivity index (χ4v) is 3.92. The molecule has 1 aliphatic heterocycles. The highest BCUT2D eigenvalue weighted by molar-refractivity contribution is 7.32. The van der Waals surface area contributed by atoms with Gasteiger partial charge in [-0.05, 0) is 12.1 Å². The Morgan fingerprint density at radius 2 is 2.03 bits per heavy atom. The summed E-state index contributed by atoms with van der Waals surface area (Å²) >= 11 is 0. The number of methoxy groups -OCH3 is 1. The standard InChI is InChI=1S/C18H18N5O7P/c1-28-14-13(30-31(26)27)11(7-24)29-18(14)23-9-21-12-15(19-8-20-16(12)23)22-17(25)10-5-3-2-4-6-10/h2-6,8-9,11,13-14,18,24H,7H2,1H3,(H-,19,20,22,25,26,27)/p+1/t11-,13-,14-,18-/m1/s1. The van der Waals surface area contributed by atoms with Crippen molar-refractivity contribution >= 4 is 31.1 Å². The zero-order valence-electron chi connectivity index (χ0n) is 16.2. The van der Waals surface area contributed by atoms with Crippen LogP contribution in [0.3, 0.4) is 0 Å². The zero-order valence-corrected chi connectivity index (χ0v) is 17.1. The summed E-state index contributed by atoms with van der Waals surface area (Å²) in [5.74, 6) is -0.155. The van der Waals surface area contributed by atoms with E-state index in [0.29, 0.717) is 16.7 Å². The van der Waals surface area contributed by atoms with E-state index in [-0.39, 0.29) is 11.7 Å². The van der Waals surface area contributed by atoms with Gasteiger partial charge in [0, 0.05) is 17.2 Å². The van der Waals surface area contributed by atoms with Crippen LogP contribution in [0.4, 0.5) is 5.82 Å². The SMILES string of the molecule is CO[C@@H]1[C@H](O[P+](=O)O)[C@@H](CO)O[C@H]1n1cnc2c(NC(=O)c3ccccc3)ncnc21. The van der Waals surface area contributed by atoms with Crippen molar-refractivity contribution in [3.05, 3.63) is 48.5 Å². The Hall–Kier alpha value is -2.86. The van der Waals surface area contributed by atoms with Crippen LogP contribution < -0.4 is 5.32 Å². The van der Waals surface area contributed by atoms with Crippen molar-refractivity contribution in [3.63, 3.8) is 0 Å². The molecule has 0 radical (unpaired) electrons. The monoisotopic (exact) mass is 448 g/mol. The average molecular weight is 448 g/mol. The lowest BCUT2D eigenvalue weighted by molar-refractivity contribution is -0.0583. The van der Waals surface area contributed by atoms with Crippen LogP contribution in [0.1, 0.15) is 16.6 Å². The first-order valence-electron chi connectivity index (χ1n) is 9.19. The summed E-state index contributed by atoms with van der Waals surface area (Å²) in [6.45, 7) is -0.454. The fraction of sp³-hybridized carbons (Fsp3) is 0.333. The van der Waals surface area contributed by atoms with E-state index in [4.69, 9.17) is 18.9 Å². The molecule has 0 saturated carbocycles. The van der Waals surface area contributed by atoms with Crippen molar-refractivity contribution in [3.8, 4) is 0 Å². The van der Waals surface area contributed by atoms with E-state index >= 15 is 0 Å². The molecule has 3 aromatic rings. The van der Waals surface area contributed by atoms with Gasteiger partial charge in [-0.1, -0.05) is 18.2 Å². The lowest BCUT2D eigenvalue weighted by Gasteiger charge is -2.19. The van der Waals surface area contributed by atoms with Crippen LogP contribution in [0.25, 0.3) is 11.2 Å². The first-order chi connectivity index (χ1) is 15.0. The van der Waals surface area contributed by atoms with Gasteiger partial charge in [0.1, 0.15) is 18.5 Å². The molecule has 12 nitrogen and oxygen atoms in total. The Labute approximate surface area is 176 Å². The molecule has 1 aliphatic rings. The number of hydrogen-bond donors (Lipinski definition) is 3. The topological polar surface area (TPSA) is 158 Å². The fourth-order valence-electron chi connectivity index (χ4n) is 3.46. The summed E-state index contributed by atoms with van der Waals surface area (Å²) < 4.78 is 29.0. The summed E-state index contributed by atoms with van der Waals surface area (Å²) in [4.78, 5) is 34.3. The van der Waals surface area contributed by atoms with Crippen molar-refractivity contribution in [2.75, 3.05) is 19.0 Å². The number of aromatic nitrogens is 4. The molecule has 1 fully saturated rings. The number of hydrogen-bond acceptors (Lipinski definition) is 9. The van der Waals surface area contributed by atoms with Gasteiger partial charge in [-0.3, -0.25) is 9.36 Å². The number of aliphatic hydroxyl groups is 1. The largest absolute Gasteiger partial charge is 0.695 e. The van der Waals surface area contributed by atoms with Crippen LogP contribution in [-0.4, -0.2) is 67.5 Å².